The Hall–Kier alpha value is -1.63. The van der Waals surface area contributed by atoms with Crippen LogP contribution in [0.5, 0.6) is 0 Å². The van der Waals surface area contributed by atoms with E-state index in [1.807, 2.05) is 0 Å². The highest BCUT2D eigenvalue weighted by molar-refractivity contribution is 7.90. The van der Waals surface area contributed by atoms with Crippen molar-refractivity contribution in [2.24, 2.45) is 0 Å². The van der Waals surface area contributed by atoms with Gasteiger partial charge >= 0.3 is 0 Å². The number of amides is 1. The molecule has 0 bridgehead atoms. The number of nitrogens with one attached hydrogen (secondary N) is 2. The third-order valence-corrected chi connectivity index (χ3v) is 3.65. The van der Waals surface area contributed by atoms with Gasteiger partial charge in [0.15, 0.2) is 0 Å². The highest BCUT2D eigenvalue weighted by atomic mass is 32.2. The fourth-order valence-corrected chi connectivity index (χ4v) is 2.86. The van der Waals surface area contributed by atoms with E-state index in [9.17, 15) is 17.6 Å². The number of para-hydroxylation sites is 1. The molecule has 0 aromatic heterocycles. The Morgan fingerprint density at radius 3 is 2.60 bits per heavy atom. The fraction of sp³-hybridized carbons (Fsp3) is 0.462. The summed E-state index contributed by atoms with van der Waals surface area (Å²) in [5.41, 5.74) is 0.284. The van der Waals surface area contributed by atoms with Crippen molar-refractivity contribution in [2.75, 3.05) is 23.9 Å². The number of carbonyl (C=O) groups is 1. The van der Waals surface area contributed by atoms with Gasteiger partial charge in [-0.1, -0.05) is 6.07 Å². The van der Waals surface area contributed by atoms with Crippen molar-refractivity contribution in [3.63, 3.8) is 0 Å². The van der Waals surface area contributed by atoms with Gasteiger partial charge in [0.05, 0.1) is 17.0 Å². The van der Waals surface area contributed by atoms with Crippen LogP contribution in [0.3, 0.4) is 0 Å². The minimum Gasteiger partial charge on any atom is -0.382 e. The molecule has 0 heterocycles. The van der Waals surface area contributed by atoms with E-state index in [4.69, 9.17) is 0 Å². The van der Waals surface area contributed by atoms with Crippen LogP contribution in [0.15, 0.2) is 18.2 Å². The Balaban J connectivity index is 2.90. The highest BCUT2D eigenvalue weighted by Crippen LogP contribution is 2.19. The molecule has 0 radical (unpaired) electrons. The van der Waals surface area contributed by atoms with E-state index < -0.39 is 27.6 Å². The van der Waals surface area contributed by atoms with Crippen LogP contribution in [0.2, 0.25) is 0 Å². The average molecular weight is 302 g/mol. The maximum atomic E-state index is 13.7. The summed E-state index contributed by atoms with van der Waals surface area (Å²) >= 11 is 0. The summed E-state index contributed by atoms with van der Waals surface area (Å²) < 4.78 is 36.0. The van der Waals surface area contributed by atoms with Crippen LogP contribution in [0.1, 0.15) is 24.2 Å². The molecule has 1 aromatic rings. The molecule has 0 saturated heterocycles. The number of hydrogen-bond acceptors (Lipinski definition) is 4. The highest BCUT2D eigenvalue weighted by Gasteiger charge is 2.18. The molecular weight excluding hydrogens is 283 g/mol. The Morgan fingerprint density at radius 1 is 1.40 bits per heavy atom. The van der Waals surface area contributed by atoms with Crippen molar-refractivity contribution in [1.82, 2.24) is 5.32 Å². The zero-order chi connectivity index (χ0) is 15.3. The summed E-state index contributed by atoms with van der Waals surface area (Å²) in [6.45, 7) is 3.85. The summed E-state index contributed by atoms with van der Waals surface area (Å²) in [6, 6.07) is 3.64. The maximum Gasteiger partial charge on any atom is 0.253 e. The molecule has 0 spiro atoms. The van der Waals surface area contributed by atoms with Crippen molar-refractivity contribution in [1.29, 1.82) is 0 Å². The van der Waals surface area contributed by atoms with Gasteiger partial charge in [-0.3, -0.25) is 4.79 Å². The third-order valence-electron chi connectivity index (χ3n) is 2.54. The molecule has 112 valence electrons. The molecule has 1 rings (SSSR count). The molecule has 1 amide bonds. The minimum atomic E-state index is -3.18. The van der Waals surface area contributed by atoms with Crippen LogP contribution in [0.25, 0.3) is 0 Å². The summed E-state index contributed by atoms with van der Waals surface area (Å²) in [6.07, 6.45) is 1.10. The van der Waals surface area contributed by atoms with Crippen molar-refractivity contribution in [3.8, 4) is 0 Å². The summed E-state index contributed by atoms with van der Waals surface area (Å²) in [7, 11) is -3.18. The van der Waals surface area contributed by atoms with Crippen LogP contribution in [0, 0.1) is 5.82 Å². The second-order valence-corrected chi connectivity index (χ2v) is 6.84. The van der Waals surface area contributed by atoms with Crippen LogP contribution in [-0.4, -0.2) is 38.9 Å². The molecule has 1 unspecified atom stereocenters. The first kappa shape index (κ1) is 16.4. The summed E-state index contributed by atoms with van der Waals surface area (Å²) in [5, 5.41) is 5.35. The van der Waals surface area contributed by atoms with Gasteiger partial charge in [0.25, 0.3) is 5.91 Å². The predicted octanol–water partition coefficient (Wildman–Crippen LogP) is 1.42. The lowest BCUT2D eigenvalue weighted by molar-refractivity contribution is 0.0944. The first-order valence-corrected chi connectivity index (χ1v) is 8.31. The number of sulfone groups is 1. The molecule has 0 aliphatic carbocycles. The largest absolute Gasteiger partial charge is 0.382 e. The first-order chi connectivity index (χ1) is 9.24. The van der Waals surface area contributed by atoms with Gasteiger partial charge in [0.2, 0.25) is 0 Å². The van der Waals surface area contributed by atoms with Crippen molar-refractivity contribution >= 4 is 21.4 Å². The standard InChI is InChI=1S/C13H19FN2O3S/c1-4-15-12-10(6-5-7-11(12)14)13(17)16-9(2)8-20(3,18)19/h5-7,9,15H,4,8H2,1-3H3,(H,16,17). The molecule has 0 saturated carbocycles. The van der Waals surface area contributed by atoms with Gasteiger partial charge in [0, 0.05) is 18.8 Å². The Morgan fingerprint density at radius 2 is 2.05 bits per heavy atom. The smallest absolute Gasteiger partial charge is 0.253 e. The van der Waals surface area contributed by atoms with E-state index in [2.05, 4.69) is 10.6 Å². The predicted molar refractivity (Wildman–Crippen MR) is 77.2 cm³/mol. The molecule has 0 aliphatic heterocycles. The van der Waals surface area contributed by atoms with E-state index >= 15 is 0 Å². The van der Waals surface area contributed by atoms with E-state index in [0.29, 0.717) is 6.54 Å². The average Bonchev–Trinajstić information content (AvgIpc) is 2.29. The Bertz CT molecular complexity index is 587. The number of hydrogen-bond donors (Lipinski definition) is 2. The lowest BCUT2D eigenvalue weighted by Crippen LogP contribution is -2.37. The summed E-state index contributed by atoms with van der Waals surface area (Å²) in [5.74, 6) is -1.18. The normalized spacial score (nSPS) is 12.8. The molecule has 2 N–H and O–H groups in total. The second-order valence-electron chi connectivity index (χ2n) is 4.66. The zero-order valence-electron chi connectivity index (χ0n) is 11.7. The van der Waals surface area contributed by atoms with E-state index in [0.717, 1.165) is 6.26 Å². The molecule has 7 heteroatoms. The molecular formula is C13H19FN2O3S. The molecule has 5 nitrogen and oxygen atoms in total. The lowest BCUT2D eigenvalue weighted by Gasteiger charge is -2.15. The van der Waals surface area contributed by atoms with Gasteiger partial charge in [-0.15, -0.1) is 0 Å². The Labute approximate surface area is 118 Å². The third kappa shape index (κ3) is 4.80. The van der Waals surface area contributed by atoms with Crippen molar-refractivity contribution < 1.29 is 17.6 Å². The van der Waals surface area contributed by atoms with E-state index in [1.54, 1.807) is 13.8 Å². The number of anilines is 1. The van der Waals surface area contributed by atoms with Gasteiger partial charge in [-0.25, -0.2) is 12.8 Å². The van der Waals surface area contributed by atoms with Crippen molar-refractivity contribution in [3.05, 3.63) is 29.6 Å². The number of halogens is 1. The number of benzene rings is 1. The van der Waals surface area contributed by atoms with Crippen molar-refractivity contribution in [2.45, 2.75) is 19.9 Å². The number of carbonyl (C=O) groups excluding carboxylic acids is 1. The maximum absolute atomic E-state index is 13.7. The van der Waals surface area contributed by atoms with Gasteiger partial charge in [-0.2, -0.15) is 0 Å². The Kier molecular flexibility index (Phi) is 5.50. The lowest BCUT2D eigenvalue weighted by atomic mass is 10.1. The number of rotatable bonds is 6. The van der Waals surface area contributed by atoms with E-state index in [-0.39, 0.29) is 17.0 Å². The van der Waals surface area contributed by atoms with Crippen LogP contribution in [0.4, 0.5) is 10.1 Å². The molecule has 0 aliphatic rings. The van der Waals surface area contributed by atoms with Gasteiger partial charge in [-0.05, 0) is 26.0 Å². The molecule has 1 atom stereocenters. The topological polar surface area (TPSA) is 75.3 Å². The van der Waals surface area contributed by atoms with Crippen LogP contribution in [-0.2, 0) is 9.84 Å². The zero-order valence-corrected chi connectivity index (χ0v) is 12.6. The van der Waals surface area contributed by atoms with Crippen LogP contribution < -0.4 is 10.6 Å². The molecule has 1 aromatic carbocycles. The quantitative estimate of drug-likeness (QED) is 0.833. The minimum absolute atomic E-state index is 0.124. The monoisotopic (exact) mass is 302 g/mol. The molecule has 20 heavy (non-hydrogen) atoms. The van der Waals surface area contributed by atoms with E-state index in [1.165, 1.54) is 18.2 Å². The molecule has 0 fully saturated rings. The van der Waals surface area contributed by atoms with Crippen LogP contribution >= 0.6 is 0 Å². The SMILES string of the molecule is CCNc1c(F)cccc1C(=O)NC(C)CS(C)(=O)=O. The van der Waals surface area contributed by atoms with Gasteiger partial charge < -0.3 is 10.6 Å². The first-order valence-electron chi connectivity index (χ1n) is 6.25. The fourth-order valence-electron chi connectivity index (χ4n) is 1.87. The van der Waals surface area contributed by atoms with Gasteiger partial charge in [0.1, 0.15) is 15.7 Å². The second kappa shape index (κ2) is 6.69. The summed E-state index contributed by atoms with van der Waals surface area (Å²) in [4.78, 5) is 12.1.